The van der Waals surface area contributed by atoms with Crippen LogP contribution in [0.5, 0.6) is 0 Å². The molecule has 1 aromatic rings. The first-order valence-electron chi connectivity index (χ1n) is 6.09. The third-order valence-corrected chi connectivity index (χ3v) is 3.45. The van der Waals surface area contributed by atoms with Crippen LogP contribution in [-0.4, -0.2) is 35.5 Å². The molecule has 0 fully saturated rings. The highest BCUT2D eigenvalue weighted by molar-refractivity contribution is 14.1. The van der Waals surface area contributed by atoms with Crippen LogP contribution in [0.1, 0.15) is 41.5 Å². The Kier molecular flexibility index (Phi) is 3.96. The first kappa shape index (κ1) is 14.5. The summed E-state index contributed by atoms with van der Waals surface area (Å²) in [6.07, 6.45) is 0. The number of carbonyl (C=O) groups excluding carboxylic acids is 2. The highest BCUT2D eigenvalue weighted by Crippen LogP contribution is 2.24. The summed E-state index contributed by atoms with van der Waals surface area (Å²) in [4.78, 5) is 25.5. The summed E-state index contributed by atoms with van der Waals surface area (Å²) in [5.74, 6) is -0.454. The fraction of sp³-hybridized carbons (Fsp3) is 0.429. The second-order valence-corrected chi connectivity index (χ2v) is 6.66. The minimum absolute atomic E-state index is 0.226. The van der Waals surface area contributed by atoms with Gasteiger partial charge in [0, 0.05) is 3.57 Å². The van der Waals surface area contributed by atoms with Crippen LogP contribution in [0.3, 0.4) is 0 Å². The third-order valence-electron chi connectivity index (χ3n) is 2.78. The largest absolute Gasteiger partial charge is 0.374 e. The number of rotatable bonds is 3. The number of amides is 2. The van der Waals surface area contributed by atoms with Crippen molar-refractivity contribution in [2.75, 3.05) is 13.2 Å². The van der Waals surface area contributed by atoms with Gasteiger partial charge in [-0.05, 0) is 61.6 Å². The number of hydrogen-bond acceptors (Lipinski definition) is 3. The predicted octanol–water partition coefficient (Wildman–Crippen LogP) is 2.70. The van der Waals surface area contributed by atoms with Crippen LogP contribution in [0, 0.1) is 3.57 Å². The molecule has 102 valence electrons. The van der Waals surface area contributed by atoms with Gasteiger partial charge < -0.3 is 4.74 Å². The standard InChI is InChI=1S/C14H16INO3/c1-14(2,3)19-7-6-16-12(17)10-5-4-9(15)8-11(10)13(16)18/h4-5,8H,6-7H2,1-3H3. The van der Waals surface area contributed by atoms with Crippen LogP contribution in [0.15, 0.2) is 18.2 Å². The summed E-state index contributed by atoms with van der Waals surface area (Å²) in [5, 5.41) is 0. The Hall–Kier alpha value is -0.950. The van der Waals surface area contributed by atoms with E-state index in [0.29, 0.717) is 24.3 Å². The Balaban J connectivity index is 2.10. The Labute approximate surface area is 126 Å². The molecule has 0 bridgehead atoms. The van der Waals surface area contributed by atoms with Crippen LogP contribution in [-0.2, 0) is 4.74 Å². The van der Waals surface area contributed by atoms with Gasteiger partial charge in [-0.2, -0.15) is 0 Å². The summed E-state index contributed by atoms with van der Waals surface area (Å²) in [7, 11) is 0. The minimum atomic E-state index is -0.270. The van der Waals surface area contributed by atoms with Gasteiger partial charge in [-0.3, -0.25) is 14.5 Å². The molecule has 0 saturated carbocycles. The molecule has 0 unspecified atom stereocenters. The van der Waals surface area contributed by atoms with Crippen LogP contribution in [0.4, 0.5) is 0 Å². The average molecular weight is 373 g/mol. The summed E-state index contributed by atoms with van der Waals surface area (Å²) < 4.78 is 6.51. The van der Waals surface area contributed by atoms with E-state index in [1.165, 1.54) is 4.90 Å². The lowest BCUT2D eigenvalue weighted by Crippen LogP contribution is -2.35. The van der Waals surface area contributed by atoms with Crippen molar-refractivity contribution >= 4 is 34.4 Å². The Morgan fingerprint density at radius 1 is 1.16 bits per heavy atom. The lowest BCUT2D eigenvalue weighted by Gasteiger charge is -2.21. The molecule has 0 saturated heterocycles. The van der Waals surface area contributed by atoms with Gasteiger partial charge in [0.2, 0.25) is 0 Å². The Morgan fingerprint density at radius 2 is 1.79 bits per heavy atom. The van der Waals surface area contributed by atoms with Crippen LogP contribution >= 0.6 is 22.6 Å². The van der Waals surface area contributed by atoms with Crippen molar-refractivity contribution in [1.82, 2.24) is 4.90 Å². The quantitative estimate of drug-likeness (QED) is 0.605. The lowest BCUT2D eigenvalue weighted by molar-refractivity contribution is -0.0101. The van der Waals surface area contributed by atoms with E-state index in [0.717, 1.165) is 3.57 Å². The van der Waals surface area contributed by atoms with Crippen molar-refractivity contribution in [3.8, 4) is 0 Å². The summed E-state index contributed by atoms with van der Waals surface area (Å²) >= 11 is 2.13. The molecule has 0 aliphatic carbocycles. The fourth-order valence-corrected chi connectivity index (χ4v) is 2.40. The van der Waals surface area contributed by atoms with Gasteiger partial charge in [-0.1, -0.05) is 0 Å². The monoisotopic (exact) mass is 373 g/mol. The molecule has 1 aliphatic heterocycles. The zero-order chi connectivity index (χ0) is 14.2. The Bertz CT molecular complexity index is 534. The fourth-order valence-electron chi connectivity index (χ4n) is 1.91. The molecule has 0 aromatic heterocycles. The molecule has 0 radical (unpaired) electrons. The molecule has 0 atom stereocenters. The second-order valence-electron chi connectivity index (χ2n) is 5.41. The minimum Gasteiger partial charge on any atom is -0.374 e. The van der Waals surface area contributed by atoms with Crippen LogP contribution in [0.2, 0.25) is 0 Å². The van der Waals surface area contributed by atoms with Crippen LogP contribution < -0.4 is 0 Å². The van der Waals surface area contributed by atoms with Gasteiger partial charge in [0.25, 0.3) is 11.8 Å². The first-order valence-corrected chi connectivity index (χ1v) is 7.17. The van der Waals surface area contributed by atoms with Crippen molar-refractivity contribution in [2.45, 2.75) is 26.4 Å². The van der Waals surface area contributed by atoms with Gasteiger partial charge in [-0.25, -0.2) is 0 Å². The topological polar surface area (TPSA) is 46.6 Å². The molecule has 0 N–H and O–H groups in total. The molecule has 19 heavy (non-hydrogen) atoms. The molecule has 1 heterocycles. The summed E-state index contributed by atoms with van der Waals surface area (Å²) in [5.41, 5.74) is 0.711. The predicted molar refractivity (Wildman–Crippen MR) is 80.2 cm³/mol. The van der Waals surface area contributed by atoms with E-state index in [-0.39, 0.29) is 17.4 Å². The van der Waals surface area contributed by atoms with Crippen molar-refractivity contribution < 1.29 is 14.3 Å². The molecule has 4 nitrogen and oxygen atoms in total. The van der Waals surface area contributed by atoms with E-state index in [1.807, 2.05) is 26.8 Å². The summed E-state index contributed by atoms with van der Waals surface area (Å²) in [6.45, 7) is 6.47. The lowest BCUT2D eigenvalue weighted by atomic mass is 10.1. The smallest absolute Gasteiger partial charge is 0.261 e. The summed E-state index contributed by atoms with van der Waals surface area (Å²) in [6, 6.07) is 5.29. The van der Waals surface area contributed by atoms with E-state index in [9.17, 15) is 9.59 Å². The third kappa shape index (κ3) is 3.14. The average Bonchev–Trinajstić information content (AvgIpc) is 2.52. The van der Waals surface area contributed by atoms with E-state index < -0.39 is 0 Å². The highest BCUT2D eigenvalue weighted by atomic mass is 127. The van der Waals surface area contributed by atoms with Gasteiger partial charge in [-0.15, -0.1) is 0 Å². The maximum Gasteiger partial charge on any atom is 0.261 e. The molecule has 1 aliphatic rings. The van der Waals surface area contributed by atoms with Gasteiger partial charge in [0.15, 0.2) is 0 Å². The molecule has 2 rings (SSSR count). The molecule has 1 aromatic carbocycles. The van der Waals surface area contributed by atoms with E-state index >= 15 is 0 Å². The zero-order valence-electron chi connectivity index (χ0n) is 11.2. The Morgan fingerprint density at radius 3 is 2.42 bits per heavy atom. The second kappa shape index (κ2) is 5.20. The first-order chi connectivity index (χ1) is 8.79. The van der Waals surface area contributed by atoms with Gasteiger partial charge >= 0.3 is 0 Å². The molecule has 5 heteroatoms. The SMILES string of the molecule is CC(C)(C)OCCN1C(=O)c2ccc(I)cc2C1=O. The number of benzene rings is 1. The molecular weight excluding hydrogens is 357 g/mol. The van der Waals surface area contributed by atoms with Crippen LogP contribution in [0.25, 0.3) is 0 Å². The highest BCUT2D eigenvalue weighted by Gasteiger charge is 2.35. The number of imide groups is 1. The number of hydrogen-bond donors (Lipinski definition) is 0. The molecular formula is C14H16INO3. The normalized spacial score (nSPS) is 15.1. The number of fused-ring (bicyclic) bond motifs is 1. The van der Waals surface area contributed by atoms with Gasteiger partial charge in [0.05, 0.1) is 29.9 Å². The van der Waals surface area contributed by atoms with Crippen molar-refractivity contribution in [1.29, 1.82) is 0 Å². The maximum atomic E-state index is 12.2. The van der Waals surface area contributed by atoms with Crippen molar-refractivity contribution in [3.05, 3.63) is 32.9 Å². The number of ether oxygens (including phenoxy) is 1. The van der Waals surface area contributed by atoms with Crippen molar-refractivity contribution in [3.63, 3.8) is 0 Å². The number of nitrogens with zero attached hydrogens (tertiary/aromatic N) is 1. The van der Waals surface area contributed by atoms with E-state index in [4.69, 9.17) is 4.74 Å². The van der Waals surface area contributed by atoms with E-state index in [1.54, 1.807) is 12.1 Å². The number of carbonyl (C=O) groups is 2. The van der Waals surface area contributed by atoms with Gasteiger partial charge in [0.1, 0.15) is 0 Å². The number of halogens is 1. The molecule has 0 spiro atoms. The maximum absolute atomic E-state index is 12.2. The van der Waals surface area contributed by atoms with E-state index in [2.05, 4.69) is 22.6 Å². The van der Waals surface area contributed by atoms with Crippen molar-refractivity contribution in [2.24, 2.45) is 0 Å². The molecule has 2 amide bonds. The zero-order valence-corrected chi connectivity index (χ0v) is 13.4.